The summed E-state index contributed by atoms with van der Waals surface area (Å²) in [6.45, 7) is 1.88. The maximum absolute atomic E-state index is 11.1. The Bertz CT molecular complexity index is 312. The fourth-order valence-corrected chi connectivity index (χ4v) is 1.60. The van der Waals surface area contributed by atoms with Crippen molar-refractivity contribution in [2.45, 2.75) is 6.92 Å². The number of carbonyl (C=O) groups is 1. The molecule has 4 heteroatoms. The summed E-state index contributed by atoms with van der Waals surface area (Å²) in [4.78, 5) is 15.1. The second-order valence-electron chi connectivity index (χ2n) is 2.30. The van der Waals surface area contributed by atoms with Gasteiger partial charge in [-0.25, -0.2) is 4.79 Å². The lowest BCUT2D eigenvalue weighted by Gasteiger charge is -2.01. The Hall–Kier alpha value is -0.650. The first-order valence-corrected chi connectivity index (χ1v) is 4.43. The summed E-state index contributed by atoms with van der Waals surface area (Å²) in [5.41, 5.74) is 1.41. The van der Waals surface area contributed by atoms with E-state index in [2.05, 4.69) is 32.3 Å². The monoisotopic (exact) mass is 277 g/mol. The van der Waals surface area contributed by atoms with Crippen LogP contribution in [-0.4, -0.2) is 18.1 Å². The van der Waals surface area contributed by atoms with Gasteiger partial charge in [0.25, 0.3) is 0 Å². The molecule has 0 amide bonds. The predicted molar refractivity (Wildman–Crippen MR) is 53.0 cm³/mol. The van der Waals surface area contributed by atoms with Crippen molar-refractivity contribution in [1.29, 1.82) is 0 Å². The van der Waals surface area contributed by atoms with Crippen molar-refractivity contribution in [3.8, 4) is 0 Å². The topological polar surface area (TPSA) is 39.2 Å². The summed E-state index contributed by atoms with van der Waals surface area (Å²) in [7, 11) is 1.36. The molecule has 1 aromatic heterocycles. The fourth-order valence-electron chi connectivity index (χ4n) is 0.787. The molecule has 0 fully saturated rings. The number of hydrogen-bond donors (Lipinski definition) is 0. The van der Waals surface area contributed by atoms with Crippen LogP contribution in [0.3, 0.4) is 0 Å². The van der Waals surface area contributed by atoms with E-state index in [9.17, 15) is 4.79 Å². The second kappa shape index (κ2) is 3.84. The Morgan fingerprint density at radius 1 is 1.67 bits per heavy atom. The molecule has 0 saturated carbocycles. The number of carbonyl (C=O) groups excluding carboxylic acids is 1. The van der Waals surface area contributed by atoms with Crippen LogP contribution in [0, 0.1) is 10.5 Å². The number of rotatable bonds is 1. The van der Waals surface area contributed by atoms with E-state index < -0.39 is 0 Å². The standard InChI is InChI=1S/C8H8INO2/c1-5-3-7(9)6(4-10-5)8(11)12-2/h3-4H,1-2H3. The second-order valence-corrected chi connectivity index (χ2v) is 3.46. The molecule has 0 aromatic carbocycles. The van der Waals surface area contributed by atoms with Crippen molar-refractivity contribution in [3.63, 3.8) is 0 Å². The van der Waals surface area contributed by atoms with E-state index in [1.807, 2.05) is 13.0 Å². The van der Waals surface area contributed by atoms with Crippen LogP contribution in [0.25, 0.3) is 0 Å². The molecule has 0 unspecified atom stereocenters. The molecule has 0 N–H and O–H groups in total. The molecule has 0 radical (unpaired) electrons. The van der Waals surface area contributed by atoms with E-state index in [0.717, 1.165) is 9.26 Å². The van der Waals surface area contributed by atoms with Crippen molar-refractivity contribution >= 4 is 28.6 Å². The van der Waals surface area contributed by atoms with Gasteiger partial charge in [-0.3, -0.25) is 4.98 Å². The van der Waals surface area contributed by atoms with Crippen LogP contribution in [0.2, 0.25) is 0 Å². The van der Waals surface area contributed by atoms with Crippen molar-refractivity contribution in [2.75, 3.05) is 7.11 Å². The van der Waals surface area contributed by atoms with Gasteiger partial charge in [0.2, 0.25) is 0 Å². The largest absolute Gasteiger partial charge is 0.465 e. The van der Waals surface area contributed by atoms with Crippen molar-refractivity contribution in [2.24, 2.45) is 0 Å². The molecular formula is C8H8INO2. The van der Waals surface area contributed by atoms with Crippen LogP contribution in [0.4, 0.5) is 0 Å². The number of hydrogen-bond acceptors (Lipinski definition) is 3. The van der Waals surface area contributed by atoms with Gasteiger partial charge in [-0.2, -0.15) is 0 Å². The molecule has 0 saturated heterocycles. The van der Waals surface area contributed by atoms with Gasteiger partial charge >= 0.3 is 5.97 Å². The Morgan fingerprint density at radius 2 is 2.33 bits per heavy atom. The Kier molecular flexibility index (Phi) is 3.02. The van der Waals surface area contributed by atoms with Gasteiger partial charge in [0.05, 0.1) is 12.7 Å². The number of methoxy groups -OCH3 is 1. The first-order valence-electron chi connectivity index (χ1n) is 3.35. The lowest BCUT2D eigenvalue weighted by atomic mass is 10.2. The molecular weight excluding hydrogens is 269 g/mol. The van der Waals surface area contributed by atoms with Gasteiger partial charge in [0.1, 0.15) is 0 Å². The van der Waals surface area contributed by atoms with Crippen LogP contribution >= 0.6 is 22.6 Å². The summed E-state index contributed by atoms with van der Waals surface area (Å²) in [5, 5.41) is 0. The van der Waals surface area contributed by atoms with Crippen LogP contribution in [0.15, 0.2) is 12.3 Å². The molecule has 0 atom stereocenters. The lowest BCUT2D eigenvalue weighted by molar-refractivity contribution is 0.0599. The average molecular weight is 277 g/mol. The Morgan fingerprint density at radius 3 is 2.83 bits per heavy atom. The number of esters is 1. The Balaban J connectivity index is 3.09. The summed E-state index contributed by atoms with van der Waals surface area (Å²) < 4.78 is 5.44. The summed E-state index contributed by atoms with van der Waals surface area (Å²) in [6, 6.07) is 1.84. The predicted octanol–water partition coefficient (Wildman–Crippen LogP) is 1.78. The highest BCUT2D eigenvalue weighted by Gasteiger charge is 2.09. The third-order valence-electron chi connectivity index (χ3n) is 1.40. The number of aromatic nitrogens is 1. The molecule has 0 aliphatic heterocycles. The lowest BCUT2D eigenvalue weighted by Crippen LogP contribution is -2.04. The van der Waals surface area contributed by atoms with Crippen LogP contribution in [0.1, 0.15) is 16.1 Å². The minimum atomic E-state index is -0.341. The van der Waals surface area contributed by atoms with E-state index in [1.165, 1.54) is 13.3 Å². The van der Waals surface area contributed by atoms with Crippen molar-refractivity contribution < 1.29 is 9.53 Å². The molecule has 0 bridgehead atoms. The quantitative estimate of drug-likeness (QED) is 0.580. The smallest absolute Gasteiger partial charge is 0.340 e. The first kappa shape index (κ1) is 9.44. The molecule has 3 nitrogen and oxygen atoms in total. The highest BCUT2D eigenvalue weighted by molar-refractivity contribution is 14.1. The average Bonchev–Trinajstić information content (AvgIpc) is 2.03. The van der Waals surface area contributed by atoms with Gasteiger partial charge in [-0.05, 0) is 35.6 Å². The van der Waals surface area contributed by atoms with Gasteiger partial charge in [0.15, 0.2) is 0 Å². The summed E-state index contributed by atoms with van der Waals surface area (Å²) in [6.07, 6.45) is 1.53. The molecule has 0 spiro atoms. The number of aryl methyl sites for hydroxylation is 1. The van der Waals surface area contributed by atoms with E-state index in [1.54, 1.807) is 0 Å². The number of ether oxygens (including phenoxy) is 1. The maximum Gasteiger partial charge on any atom is 0.340 e. The zero-order chi connectivity index (χ0) is 9.14. The number of pyridine rings is 1. The summed E-state index contributed by atoms with van der Waals surface area (Å²) in [5.74, 6) is -0.341. The molecule has 64 valence electrons. The third kappa shape index (κ3) is 1.94. The highest BCUT2D eigenvalue weighted by Crippen LogP contribution is 2.12. The van der Waals surface area contributed by atoms with Gasteiger partial charge in [-0.1, -0.05) is 0 Å². The minimum absolute atomic E-state index is 0.341. The fraction of sp³-hybridized carbons (Fsp3) is 0.250. The third-order valence-corrected chi connectivity index (χ3v) is 2.29. The SMILES string of the molecule is COC(=O)c1cnc(C)cc1I. The van der Waals surface area contributed by atoms with Crippen LogP contribution in [0.5, 0.6) is 0 Å². The van der Waals surface area contributed by atoms with Crippen LogP contribution in [-0.2, 0) is 4.74 Å². The zero-order valence-electron chi connectivity index (χ0n) is 6.80. The Labute approximate surface area is 84.3 Å². The van der Waals surface area contributed by atoms with E-state index >= 15 is 0 Å². The highest BCUT2D eigenvalue weighted by atomic mass is 127. The van der Waals surface area contributed by atoms with E-state index in [0.29, 0.717) is 5.56 Å². The normalized spacial score (nSPS) is 9.58. The molecule has 0 aliphatic carbocycles. The zero-order valence-corrected chi connectivity index (χ0v) is 8.95. The maximum atomic E-state index is 11.1. The van der Waals surface area contributed by atoms with Gasteiger partial charge < -0.3 is 4.74 Å². The van der Waals surface area contributed by atoms with E-state index in [4.69, 9.17) is 0 Å². The molecule has 1 heterocycles. The molecule has 1 rings (SSSR count). The van der Waals surface area contributed by atoms with Crippen molar-refractivity contribution in [3.05, 3.63) is 27.1 Å². The number of halogens is 1. The van der Waals surface area contributed by atoms with E-state index in [-0.39, 0.29) is 5.97 Å². The number of nitrogens with zero attached hydrogens (tertiary/aromatic N) is 1. The molecule has 0 aliphatic rings. The molecule has 1 aromatic rings. The van der Waals surface area contributed by atoms with Crippen LogP contribution < -0.4 is 0 Å². The van der Waals surface area contributed by atoms with Gasteiger partial charge in [0, 0.05) is 15.5 Å². The molecule has 12 heavy (non-hydrogen) atoms. The first-order chi connectivity index (χ1) is 5.65. The minimum Gasteiger partial charge on any atom is -0.465 e. The van der Waals surface area contributed by atoms with Gasteiger partial charge in [-0.15, -0.1) is 0 Å². The summed E-state index contributed by atoms with van der Waals surface area (Å²) >= 11 is 2.08. The van der Waals surface area contributed by atoms with Crippen molar-refractivity contribution in [1.82, 2.24) is 4.98 Å².